The van der Waals surface area contributed by atoms with Crippen molar-refractivity contribution in [3.8, 4) is 22.5 Å². The molecule has 3 saturated heterocycles. The van der Waals surface area contributed by atoms with E-state index in [1.807, 2.05) is 4.90 Å². The molecule has 2 atom stereocenters. The molecule has 0 amide bonds. The number of halogens is 10. The summed E-state index contributed by atoms with van der Waals surface area (Å²) >= 11 is 24.4. The van der Waals surface area contributed by atoms with E-state index in [1.165, 1.54) is 4.90 Å². The molecule has 3 fully saturated rings. The largest absolute Gasteiger partial charge is 0.416 e. The number of nitrogen functional groups attached to an aromatic ring is 2. The topological polar surface area (TPSA) is 204 Å². The van der Waals surface area contributed by atoms with Gasteiger partial charge in [-0.1, -0.05) is 70.7 Å². The van der Waals surface area contributed by atoms with Crippen molar-refractivity contribution in [3.05, 3.63) is 56.5 Å². The summed E-state index contributed by atoms with van der Waals surface area (Å²) in [4.78, 5) is 13.9. The minimum Gasteiger partial charge on any atom is -0.400 e. The van der Waals surface area contributed by atoms with Gasteiger partial charge in [-0.15, -0.1) is 20.4 Å². The number of aliphatic hydroxyl groups excluding tert-OH is 2. The van der Waals surface area contributed by atoms with Crippen molar-refractivity contribution in [2.24, 2.45) is 0 Å². The zero-order valence-electron chi connectivity index (χ0n) is 30.5. The lowest BCUT2D eigenvalue weighted by Gasteiger charge is -2.35. The molecule has 7 N–H and O–H groups in total. The Bertz CT molecular complexity index is 1960. The Labute approximate surface area is 348 Å². The molecule has 318 valence electrons. The van der Waals surface area contributed by atoms with E-state index < -0.39 is 31.1 Å². The number of nitrogens with zero attached hydrogens (tertiary/aromatic N) is 9. The molecule has 0 saturated carbocycles. The Balaban J connectivity index is 0.000000217. The first-order valence-electron chi connectivity index (χ1n) is 17.1. The molecule has 0 unspecified atom stereocenters. The van der Waals surface area contributed by atoms with E-state index in [1.54, 1.807) is 41.3 Å². The average Bonchev–Trinajstić information content (AvgIpc) is 4.06. The van der Waals surface area contributed by atoms with Crippen LogP contribution in [0.4, 0.5) is 49.9 Å². The fourth-order valence-corrected chi connectivity index (χ4v) is 6.04. The summed E-state index contributed by atoms with van der Waals surface area (Å²) in [5.74, 6) is 1.22. The monoisotopic (exact) mass is 904 g/mol. The Hall–Kier alpha value is -3.80. The lowest BCUT2D eigenvalue weighted by atomic mass is 10.1. The fraction of sp³-hybridized carbons (Fsp3) is 0.455. The average molecular weight is 907 g/mol. The predicted octanol–water partition coefficient (Wildman–Crippen LogP) is 4.87. The number of hydrogen-bond donors (Lipinski definition) is 5. The Morgan fingerprint density at radius 1 is 0.741 bits per heavy atom. The van der Waals surface area contributed by atoms with Crippen molar-refractivity contribution in [1.29, 1.82) is 0 Å². The van der Waals surface area contributed by atoms with Gasteiger partial charge in [0.25, 0.3) is 0 Å². The predicted molar refractivity (Wildman–Crippen MR) is 209 cm³/mol. The van der Waals surface area contributed by atoms with Crippen LogP contribution in [0.2, 0.25) is 20.1 Å². The molecular formula is C33H38Cl4F6N12O3. The molecular weight excluding hydrogens is 868 g/mol. The summed E-state index contributed by atoms with van der Waals surface area (Å²) in [7, 11) is 1.00. The normalized spacial score (nSPS) is 17.5. The molecule has 0 radical (unpaired) electrons. The van der Waals surface area contributed by atoms with Crippen LogP contribution in [0.15, 0.2) is 36.4 Å². The second-order valence-electron chi connectivity index (χ2n) is 12.3. The van der Waals surface area contributed by atoms with Crippen LogP contribution in [0.25, 0.3) is 22.5 Å². The van der Waals surface area contributed by atoms with Gasteiger partial charge in [-0.05, 0) is 12.1 Å². The zero-order valence-corrected chi connectivity index (χ0v) is 33.5. The molecule has 3 aliphatic heterocycles. The van der Waals surface area contributed by atoms with Gasteiger partial charge in [-0.25, -0.2) is 0 Å². The van der Waals surface area contributed by atoms with Crippen LogP contribution in [-0.4, -0.2) is 143 Å². The standard InChI is InChI=1S/C16H17Cl2F3N6O.C13H14Cl2N6.C3H3F3O.CH4O/c17-10-3-1-2-9(12(10)18)13-14(22)23-15(25-24-13)27-6-4-26(5-7-27)8-11(28)16(19,20)21;14-9-3-1-2-8(10(9)15)11-12(16)18-13(20-19-11)21-6-4-17-5-7-21;4-3(5,6)2-1-7-2;1-2/h1-3,11,28H,4-8H2,(H2,22,23,25);1-3,17H,4-7H2,(H2,16,18,20);2H,1H2;2H,1H3/t11-;;2-;/m0.0./s1. The van der Waals surface area contributed by atoms with Gasteiger partial charge in [0, 0.05) is 77.1 Å². The first-order chi connectivity index (χ1) is 27.4. The summed E-state index contributed by atoms with van der Waals surface area (Å²) in [6, 6.07) is 10.3. The van der Waals surface area contributed by atoms with Gasteiger partial charge in [-0.2, -0.15) is 36.3 Å². The van der Waals surface area contributed by atoms with Crippen LogP contribution >= 0.6 is 46.4 Å². The van der Waals surface area contributed by atoms with Crippen LogP contribution in [0.3, 0.4) is 0 Å². The SMILES string of the molecule is CO.FC(F)(F)[C@@H]1CO1.Nc1nc(N2CCN(C[C@H](O)C(F)(F)F)CC2)nnc1-c1cccc(Cl)c1Cl.Nc1nc(N2CCNCC2)nnc1-c1cccc(Cl)c1Cl. The van der Waals surface area contributed by atoms with Crippen molar-refractivity contribution >= 4 is 69.9 Å². The molecule has 15 nitrogen and oxygen atoms in total. The van der Waals surface area contributed by atoms with Gasteiger partial charge in [-0.3, -0.25) is 4.90 Å². The number of benzene rings is 2. The first-order valence-corrected chi connectivity index (χ1v) is 18.6. The molecule has 7 rings (SSSR count). The van der Waals surface area contributed by atoms with E-state index in [-0.39, 0.29) is 23.4 Å². The minimum absolute atomic E-state index is 0.115. The summed E-state index contributed by atoms with van der Waals surface area (Å²) < 4.78 is 74.7. The minimum atomic E-state index is -4.63. The number of aromatic nitrogens is 6. The highest BCUT2D eigenvalue weighted by Crippen LogP contribution is 2.36. The van der Waals surface area contributed by atoms with E-state index >= 15 is 0 Å². The number of epoxide rings is 1. The number of aliphatic hydroxyl groups is 2. The Morgan fingerprint density at radius 3 is 1.53 bits per heavy atom. The van der Waals surface area contributed by atoms with Gasteiger partial charge < -0.3 is 41.5 Å². The second-order valence-corrected chi connectivity index (χ2v) is 13.9. The maximum atomic E-state index is 12.5. The van der Waals surface area contributed by atoms with Gasteiger partial charge in [0.15, 0.2) is 23.8 Å². The highest BCUT2D eigenvalue weighted by Gasteiger charge is 2.49. The summed E-state index contributed by atoms with van der Waals surface area (Å²) in [6.45, 7) is 4.23. The summed E-state index contributed by atoms with van der Waals surface area (Å²) in [6.07, 6.45) is -12.6. The third-order valence-electron chi connectivity index (χ3n) is 8.38. The molecule has 0 bridgehead atoms. The number of hydrogen-bond acceptors (Lipinski definition) is 15. The number of nitrogens with one attached hydrogen (secondary N) is 1. The molecule has 25 heteroatoms. The Morgan fingerprint density at radius 2 is 1.17 bits per heavy atom. The molecule has 2 aromatic heterocycles. The molecule has 5 heterocycles. The maximum Gasteiger partial charge on any atom is 0.416 e. The van der Waals surface area contributed by atoms with Crippen molar-refractivity contribution < 1.29 is 41.3 Å². The van der Waals surface area contributed by atoms with Crippen LogP contribution in [0.1, 0.15) is 0 Å². The number of piperazine rings is 2. The lowest BCUT2D eigenvalue weighted by Crippen LogP contribution is -2.51. The number of ether oxygens (including phenoxy) is 1. The van der Waals surface area contributed by atoms with Crippen molar-refractivity contribution in [2.45, 2.75) is 24.6 Å². The smallest absolute Gasteiger partial charge is 0.400 e. The molecule has 0 spiro atoms. The van der Waals surface area contributed by atoms with Crippen LogP contribution in [-0.2, 0) is 4.74 Å². The van der Waals surface area contributed by atoms with Gasteiger partial charge in [0.1, 0.15) is 11.4 Å². The number of anilines is 4. The van der Waals surface area contributed by atoms with E-state index in [4.69, 9.17) is 63.0 Å². The van der Waals surface area contributed by atoms with Crippen LogP contribution in [0, 0.1) is 0 Å². The number of β-amino-alcohol motifs (C(OH)–C–C–N with tert-alkyl or cyclic N) is 1. The van der Waals surface area contributed by atoms with Crippen LogP contribution < -0.4 is 26.6 Å². The Kier molecular flexibility index (Phi) is 16.9. The number of nitrogens with two attached hydrogens (primary N) is 2. The maximum absolute atomic E-state index is 12.5. The van der Waals surface area contributed by atoms with Crippen LogP contribution in [0.5, 0.6) is 0 Å². The highest BCUT2D eigenvalue weighted by molar-refractivity contribution is 6.44. The van der Waals surface area contributed by atoms with Crippen molar-refractivity contribution in [3.63, 3.8) is 0 Å². The van der Waals surface area contributed by atoms with Gasteiger partial charge >= 0.3 is 12.4 Å². The fourth-order valence-electron chi connectivity index (χ4n) is 5.26. The van der Waals surface area contributed by atoms with E-state index in [0.29, 0.717) is 75.5 Å². The van der Waals surface area contributed by atoms with Crippen molar-refractivity contribution in [2.75, 3.05) is 93.9 Å². The molecule has 58 heavy (non-hydrogen) atoms. The molecule has 0 aliphatic carbocycles. The molecule has 2 aromatic carbocycles. The number of alkyl halides is 6. The third kappa shape index (κ3) is 12.8. The van der Waals surface area contributed by atoms with E-state index in [0.717, 1.165) is 33.3 Å². The zero-order chi connectivity index (χ0) is 42.8. The van der Waals surface area contributed by atoms with E-state index in [2.05, 4.69) is 40.4 Å². The lowest BCUT2D eigenvalue weighted by molar-refractivity contribution is -0.208. The van der Waals surface area contributed by atoms with Gasteiger partial charge in [0.05, 0.1) is 26.7 Å². The van der Waals surface area contributed by atoms with Gasteiger partial charge in [0.2, 0.25) is 11.9 Å². The first kappa shape index (κ1) is 46.9. The third-order valence-corrected chi connectivity index (χ3v) is 10.0. The molecule has 4 aromatic rings. The molecule has 3 aliphatic rings. The second kappa shape index (κ2) is 20.9. The summed E-state index contributed by atoms with van der Waals surface area (Å²) in [5.41, 5.74) is 13.9. The number of rotatable bonds is 6. The summed E-state index contributed by atoms with van der Waals surface area (Å²) in [5, 5.41) is 37.5. The van der Waals surface area contributed by atoms with Crippen molar-refractivity contribution in [1.82, 2.24) is 40.6 Å². The highest BCUT2D eigenvalue weighted by atomic mass is 35.5. The van der Waals surface area contributed by atoms with E-state index in [9.17, 15) is 31.4 Å². The quantitative estimate of drug-likeness (QED) is 0.130.